The van der Waals surface area contributed by atoms with E-state index in [1.54, 1.807) is 0 Å². The fourth-order valence-electron chi connectivity index (χ4n) is 2.37. The standard InChI is InChI=1S/C13H18N2O10S2/c14-26(21,22)7-3-1-6(2-4-7)5-15-27(23,24)13-10(18)8(16)9(17)11(25-13)12(19)20/h1-4,8-11,13,15-18H,5H2,(H,19,20)(H2,14,21,22)/t8-,9+,10+,11-,13-/m0/s1. The molecule has 1 aromatic carbocycles. The van der Waals surface area contributed by atoms with E-state index in [0.717, 1.165) is 12.1 Å². The van der Waals surface area contributed by atoms with Crippen LogP contribution in [0.15, 0.2) is 29.2 Å². The maximum atomic E-state index is 12.3. The summed E-state index contributed by atoms with van der Waals surface area (Å²) in [4.78, 5) is 10.9. The van der Waals surface area contributed by atoms with Crippen molar-refractivity contribution in [3.63, 3.8) is 0 Å². The number of aliphatic hydroxyl groups is 3. The fourth-order valence-corrected chi connectivity index (χ4v) is 4.21. The first-order valence-electron chi connectivity index (χ1n) is 7.37. The van der Waals surface area contributed by atoms with Crippen molar-refractivity contribution >= 4 is 26.0 Å². The summed E-state index contributed by atoms with van der Waals surface area (Å²) in [7, 11) is -8.40. The first-order valence-corrected chi connectivity index (χ1v) is 10.5. The normalized spacial score (nSPS) is 29.4. The lowest BCUT2D eigenvalue weighted by atomic mass is 10.0. The molecule has 1 aliphatic heterocycles. The summed E-state index contributed by atoms with van der Waals surface area (Å²) in [6, 6.07) is 4.90. The molecule has 0 radical (unpaired) electrons. The molecule has 1 aliphatic rings. The predicted molar refractivity (Wildman–Crippen MR) is 87.9 cm³/mol. The van der Waals surface area contributed by atoms with Crippen molar-refractivity contribution in [2.75, 3.05) is 0 Å². The molecule has 12 nitrogen and oxygen atoms in total. The molecule has 1 fully saturated rings. The van der Waals surface area contributed by atoms with Gasteiger partial charge in [0, 0.05) is 6.54 Å². The number of aliphatic hydroxyl groups excluding tert-OH is 3. The van der Waals surface area contributed by atoms with Gasteiger partial charge in [0.15, 0.2) is 6.10 Å². The zero-order chi connectivity index (χ0) is 20.6. The van der Waals surface area contributed by atoms with Crippen molar-refractivity contribution in [1.82, 2.24) is 4.72 Å². The first kappa shape index (κ1) is 21.6. The molecule has 7 N–H and O–H groups in total. The van der Waals surface area contributed by atoms with Crippen LogP contribution in [-0.2, 0) is 36.1 Å². The fraction of sp³-hybridized carbons (Fsp3) is 0.462. The lowest BCUT2D eigenvalue weighted by molar-refractivity contribution is -0.210. The third-order valence-corrected chi connectivity index (χ3v) is 6.33. The largest absolute Gasteiger partial charge is 0.479 e. The Morgan fingerprint density at radius 2 is 1.59 bits per heavy atom. The van der Waals surface area contributed by atoms with Crippen molar-refractivity contribution in [3.8, 4) is 0 Å². The van der Waals surface area contributed by atoms with Crippen LogP contribution in [0, 0.1) is 0 Å². The molecule has 27 heavy (non-hydrogen) atoms. The van der Waals surface area contributed by atoms with E-state index in [0.29, 0.717) is 5.56 Å². The average Bonchev–Trinajstić information content (AvgIpc) is 2.57. The molecule has 0 spiro atoms. The quantitative estimate of drug-likeness (QED) is 0.266. The summed E-state index contributed by atoms with van der Waals surface area (Å²) in [6.45, 7) is -0.351. The third kappa shape index (κ3) is 4.80. The Morgan fingerprint density at radius 1 is 1.04 bits per heavy atom. The molecular formula is C13H18N2O10S2. The van der Waals surface area contributed by atoms with Crippen LogP contribution in [-0.4, -0.2) is 73.1 Å². The Bertz CT molecular complexity index is 900. The Labute approximate surface area is 154 Å². The first-order chi connectivity index (χ1) is 12.3. The van der Waals surface area contributed by atoms with Crippen LogP contribution in [0.25, 0.3) is 0 Å². The van der Waals surface area contributed by atoms with Crippen LogP contribution in [0.4, 0.5) is 0 Å². The van der Waals surface area contributed by atoms with E-state index in [4.69, 9.17) is 15.0 Å². The minimum Gasteiger partial charge on any atom is -0.479 e. The van der Waals surface area contributed by atoms with Gasteiger partial charge in [0.25, 0.3) is 0 Å². The molecule has 0 saturated carbocycles. The molecular weight excluding hydrogens is 408 g/mol. The van der Waals surface area contributed by atoms with Gasteiger partial charge < -0.3 is 25.2 Å². The number of hydrogen-bond donors (Lipinski definition) is 6. The summed E-state index contributed by atoms with van der Waals surface area (Å²) >= 11 is 0. The van der Waals surface area contributed by atoms with E-state index in [1.165, 1.54) is 12.1 Å². The molecule has 1 aromatic rings. The molecule has 1 heterocycles. The van der Waals surface area contributed by atoms with E-state index in [9.17, 15) is 36.9 Å². The van der Waals surface area contributed by atoms with Crippen LogP contribution in [0.3, 0.4) is 0 Å². The van der Waals surface area contributed by atoms with E-state index >= 15 is 0 Å². The zero-order valence-corrected chi connectivity index (χ0v) is 15.2. The molecule has 0 aromatic heterocycles. The van der Waals surface area contributed by atoms with Crippen molar-refractivity contribution in [2.45, 2.75) is 41.3 Å². The van der Waals surface area contributed by atoms with E-state index in [-0.39, 0.29) is 11.4 Å². The van der Waals surface area contributed by atoms with Crippen molar-refractivity contribution in [1.29, 1.82) is 0 Å². The highest BCUT2D eigenvalue weighted by Crippen LogP contribution is 2.24. The van der Waals surface area contributed by atoms with Gasteiger partial charge in [0.2, 0.25) is 25.5 Å². The summed E-state index contributed by atoms with van der Waals surface area (Å²) in [5, 5.41) is 43.0. The second-order valence-corrected chi connectivity index (χ2v) is 9.19. The van der Waals surface area contributed by atoms with Gasteiger partial charge >= 0.3 is 5.97 Å². The Kier molecular flexibility index (Phi) is 6.23. The van der Waals surface area contributed by atoms with Gasteiger partial charge in [-0.2, -0.15) is 0 Å². The smallest absolute Gasteiger partial charge is 0.335 e. The third-order valence-electron chi connectivity index (χ3n) is 3.85. The number of carboxylic acids is 1. The SMILES string of the molecule is NS(=O)(=O)c1ccc(CNS(=O)(=O)[C@@H]2O[C@H](C(=O)O)[C@H](O)[C@H](O)[C@H]2O)cc1. The number of primary sulfonamides is 1. The Balaban J connectivity index is 2.14. The molecule has 14 heteroatoms. The second-order valence-electron chi connectivity index (χ2n) is 5.79. The van der Waals surface area contributed by atoms with Crippen LogP contribution in [0.5, 0.6) is 0 Å². The molecule has 2 rings (SSSR count). The van der Waals surface area contributed by atoms with E-state index < -0.39 is 55.9 Å². The molecule has 0 amide bonds. The number of rotatable bonds is 6. The highest BCUT2D eigenvalue weighted by atomic mass is 32.2. The van der Waals surface area contributed by atoms with Gasteiger partial charge in [-0.3, -0.25) is 0 Å². The van der Waals surface area contributed by atoms with Crippen molar-refractivity contribution < 1.29 is 46.8 Å². The molecule has 152 valence electrons. The number of sulfonamides is 2. The van der Waals surface area contributed by atoms with Gasteiger partial charge in [-0.15, -0.1) is 0 Å². The minimum atomic E-state index is -4.49. The maximum absolute atomic E-state index is 12.3. The van der Waals surface area contributed by atoms with Gasteiger partial charge in [-0.25, -0.2) is 31.5 Å². The van der Waals surface area contributed by atoms with Gasteiger partial charge in [-0.1, -0.05) is 12.1 Å². The Hall–Kier alpha value is -1.65. The monoisotopic (exact) mass is 426 g/mol. The van der Waals surface area contributed by atoms with Gasteiger partial charge in [0.1, 0.15) is 18.3 Å². The van der Waals surface area contributed by atoms with Crippen molar-refractivity contribution in [3.05, 3.63) is 29.8 Å². The molecule has 1 saturated heterocycles. The zero-order valence-electron chi connectivity index (χ0n) is 13.5. The van der Waals surface area contributed by atoms with E-state index in [2.05, 4.69) is 0 Å². The molecule has 0 unspecified atom stereocenters. The number of benzene rings is 1. The number of ether oxygens (including phenoxy) is 1. The number of nitrogens with one attached hydrogen (secondary N) is 1. The summed E-state index contributed by atoms with van der Waals surface area (Å²) in [5.74, 6) is -1.72. The van der Waals surface area contributed by atoms with E-state index in [1.807, 2.05) is 4.72 Å². The molecule has 0 bridgehead atoms. The van der Waals surface area contributed by atoms with Gasteiger partial charge in [-0.05, 0) is 17.7 Å². The second kappa shape index (κ2) is 7.76. The number of hydrogen-bond acceptors (Lipinski definition) is 9. The summed E-state index contributed by atoms with van der Waals surface area (Å²) < 4.78 is 53.8. The number of carbonyl (C=O) groups is 1. The minimum absolute atomic E-state index is 0.179. The van der Waals surface area contributed by atoms with Crippen LogP contribution in [0.1, 0.15) is 5.56 Å². The summed E-state index contributed by atoms with van der Waals surface area (Å²) in [6.07, 6.45) is -8.23. The lowest BCUT2D eigenvalue weighted by Gasteiger charge is -2.38. The number of aliphatic carboxylic acids is 1. The topological polar surface area (TPSA) is 214 Å². The molecule has 0 aliphatic carbocycles. The highest BCUT2D eigenvalue weighted by molar-refractivity contribution is 7.90. The average molecular weight is 426 g/mol. The molecule has 5 atom stereocenters. The number of nitrogens with two attached hydrogens (primary N) is 1. The maximum Gasteiger partial charge on any atom is 0.335 e. The highest BCUT2D eigenvalue weighted by Gasteiger charge is 2.51. The lowest BCUT2D eigenvalue weighted by Crippen LogP contribution is -2.62. The predicted octanol–water partition coefficient (Wildman–Crippen LogP) is -3.35. The van der Waals surface area contributed by atoms with Crippen LogP contribution in [0.2, 0.25) is 0 Å². The summed E-state index contributed by atoms with van der Waals surface area (Å²) in [5.41, 5.74) is -1.83. The van der Waals surface area contributed by atoms with Gasteiger partial charge in [0.05, 0.1) is 4.90 Å². The van der Waals surface area contributed by atoms with Crippen LogP contribution < -0.4 is 9.86 Å². The Morgan fingerprint density at radius 3 is 2.07 bits per heavy atom. The van der Waals surface area contributed by atoms with Crippen LogP contribution >= 0.6 is 0 Å². The van der Waals surface area contributed by atoms with Crippen molar-refractivity contribution in [2.24, 2.45) is 5.14 Å². The number of carboxylic acid groups (broad SMARTS) is 1.